The Morgan fingerprint density at radius 3 is 2.32 bits per heavy atom. The number of aromatic hydroxyl groups is 1. The summed E-state index contributed by atoms with van der Waals surface area (Å²) >= 11 is 0. The zero-order chi connectivity index (χ0) is 20.6. The highest BCUT2D eigenvalue weighted by atomic mass is 16.6. The molecule has 0 aliphatic carbocycles. The van der Waals surface area contributed by atoms with Gasteiger partial charge in [-0.15, -0.1) is 0 Å². The lowest BCUT2D eigenvalue weighted by Crippen LogP contribution is -2.33. The topological polar surface area (TPSA) is 81.8 Å². The minimum Gasteiger partial charge on any atom is -0.508 e. The molecule has 0 spiro atoms. The van der Waals surface area contributed by atoms with Crippen molar-refractivity contribution in [2.45, 2.75) is 51.2 Å². The van der Waals surface area contributed by atoms with Crippen molar-refractivity contribution < 1.29 is 19.4 Å². The number of carbonyl (C=O) groups excluding carboxylic acids is 1. The van der Waals surface area contributed by atoms with E-state index >= 15 is 0 Å². The number of phenolic OH excluding ortho intramolecular Hbond substituents is 1. The number of ether oxygens (including phenoxy) is 2. The SMILES string of the molecule is CC(C)(C)OC(=O)CCO[C@H](CN)[C@H](Cc1ccccc1O)c1ccccc1. The summed E-state index contributed by atoms with van der Waals surface area (Å²) in [6, 6.07) is 17.3. The zero-order valence-corrected chi connectivity index (χ0v) is 16.9. The van der Waals surface area contributed by atoms with Gasteiger partial charge in [0.25, 0.3) is 0 Å². The van der Waals surface area contributed by atoms with Crippen LogP contribution >= 0.6 is 0 Å². The molecule has 5 nitrogen and oxygen atoms in total. The van der Waals surface area contributed by atoms with Gasteiger partial charge in [-0.2, -0.15) is 0 Å². The molecule has 0 radical (unpaired) electrons. The number of para-hydroxylation sites is 1. The van der Waals surface area contributed by atoms with Gasteiger partial charge in [0, 0.05) is 12.5 Å². The molecule has 0 fully saturated rings. The molecule has 0 bridgehead atoms. The number of benzene rings is 2. The van der Waals surface area contributed by atoms with E-state index in [0.29, 0.717) is 13.0 Å². The summed E-state index contributed by atoms with van der Waals surface area (Å²) in [6.07, 6.45) is 0.473. The van der Waals surface area contributed by atoms with Gasteiger partial charge >= 0.3 is 5.97 Å². The standard InChI is InChI=1S/C23H31NO4/c1-23(2,3)28-22(26)13-14-27-21(16-24)19(17-9-5-4-6-10-17)15-18-11-7-8-12-20(18)25/h4-12,19,21,25H,13-16,24H2,1-3H3/t19-,21-/m1/s1. The van der Waals surface area contributed by atoms with E-state index in [1.807, 2.05) is 63.2 Å². The van der Waals surface area contributed by atoms with E-state index in [2.05, 4.69) is 0 Å². The molecule has 2 rings (SSSR count). The summed E-state index contributed by atoms with van der Waals surface area (Å²) in [5.74, 6) is -0.0775. The molecular weight excluding hydrogens is 354 g/mol. The Morgan fingerprint density at radius 2 is 1.71 bits per heavy atom. The third-order valence-corrected chi connectivity index (χ3v) is 4.40. The lowest BCUT2D eigenvalue weighted by Gasteiger charge is -2.27. The molecule has 152 valence electrons. The van der Waals surface area contributed by atoms with E-state index in [4.69, 9.17) is 15.2 Å². The molecule has 0 unspecified atom stereocenters. The fraction of sp³-hybridized carbons (Fsp3) is 0.435. The first-order valence-corrected chi connectivity index (χ1v) is 9.65. The average Bonchev–Trinajstić information content (AvgIpc) is 2.64. The molecule has 2 atom stereocenters. The molecule has 0 heterocycles. The highest BCUT2D eigenvalue weighted by Crippen LogP contribution is 2.29. The van der Waals surface area contributed by atoms with Gasteiger partial charge in [0.15, 0.2) is 0 Å². The van der Waals surface area contributed by atoms with Crippen molar-refractivity contribution in [3.8, 4) is 5.75 Å². The molecule has 5 heteroatoms. The van der Waals surface area contributed by atoms with Crippen molar-refractivity contribution in [2.75, 3.05) is 13.2 Å². The Labute approximate surface area is 167 Å². The highest BCUT2D eigenvalue weighted by molar-refractivity contribution is 5.69. The first-order chi connectivity index (χ1) is 13.3. The average molecular weight is 386 g/mol. The summed E-state index contributed by atoms with van der Waals surface area (Å²) in [6.45, 7) is 6.06. The maximum Gasteiger partial charge on any atom is 0.308 e. The van der Waals surface area contributed by atoms with Crippen LogP contribution < -0.4 is 5.73 Å². The lowest BCUT2D eigenvalue weighted by molar-refractivity contribution is -0.156. The van der Waals surface area contributed by atoms with Gasteiger partial charge in [0.1, 0.15) is 11.4 Å². The number of hydrogen-bond acceptors (Lipinski definition) is 5. The van der Waals surface area contributed by atoms with Crippen LogP contribution in [0.15, 0.2) is 54.6 Å². The van der Waals surface area contributed by atoms with E-state index in [9.17, 15) is 9.90 Å². The molecule has 3 N–H and O–H groups in total. The third kappa shape index (κ3) is 6.98. The van der Waals surface area contributed by atoms with Crippen molar-refractivity contribution >= 4 is 5.97 Å². The number of rotatable bonds is 9. The van der Waals surface area contributed by atoms with Crippen LogP contribution in [-0.4, -0.2) is 35.9 Å². The smallest absolute Gasteiger partial charge is 0.308 e. The summed E-state index contributed by atoms with van der Waals surface area (Å²) in [5, 5.41) is 10.2. The van der Waals surface area contributed by atoms with Crippen molar-refractivity contribution in [1.29, 1.82) is 0 Å². The van der Waals surface area contributed by atoms with Gasteiger partial charge in [-0.3, -0.25) is 4.79 Å². The Morgan fingerprint density at radius 1 is 1.07 bits per heavy atom. The van der Waals surface area contributed by atoms with Crippen LogP contribution in [0.5, 0.6) is 5.75 Å². The number of esters is 1. The fourth-order valence-corrected chi connectivity index (χ4v) is 3.12. The van der Waals surface area contributed by atoms with Crippen molar-refractivity contribution in [3.05, 3.63) is 65.7 Å². The minimum absolute atomic E-state index is 0.0434. The minimum atomic E-state index is -0.512. The Hall–Kier alpha value is -2.37. The Kier molecular flexibility index (Phi) is 8.03. The number of hydrogen-bond donors (Lipinski definition) is 2. The van der Waals surface area contributed by atoms with Gasteiger partial charge in [-0.05, 0) is 44.4 Å². The van der Waals surface area contributed by atoms with Crippen molar-refractivity contribution in [2.24, 2.45) is 5.73 Å². The van der Waals surface area contributed by atoms with E-state index in [1.165, 1.54) is 0 Å². The predicted octanol–water partition coefficient (Wildman–Crippen LogP) is 3.79. The first-order valence-electron chi connectivity index (χ1n) is 9.65. The molecule has 0 saturated carbocycles. The van der Waals surface area contributed by atoms with Gasteiger partial charge in [-0.1, -0.05) is 48.5 Å². The summed E-state index contributed by atoms with van der Waals surface area (Å²) in [4.78, 5) is 11.9. The second kappa shape index (κ2) is 10.2. The molecular formula is C23H31NO4. The monoisotopic (exact) mass is 385 g/mol. The van der Waals surface area contributed by atoms with E-state index < -0.39 is 5.60 Å². The second-order valence-corrected chi connectivity index (χ2v) is 7.83. The summed E-state index contributed by atoms with van der Waals surface area (Å²) < 4.78 is 11.3. The van der Waals surface area contributed by atoms with Crippen molar-refractivity contribution in [1.82, 2.24) is 0 Å². The molecule has 0 aliphatic heterocycles. The van der Waals surface area contributed by atoms with Gasteiger partial charge < -0.3 is 20.3 Å². The van der Waals surface area contributed by atoms with Crippen LogP contribution in [0.2, 0.25) is 0 Å². The first kappa shape index (κ1) is 21.9. The van der Waals surface area contributed by atoms with E-state index in [1.54, 1.807) is 12.1 Å². The highest BCUT2D eigenvalue weighted by Gasteiger charge is 2.25. The summed E-state index contributed by atoms with van der Waals surface area (Å²) in [7, 11) is 0. The Bertz CT molecular complexity index is 740. The largest absolute Gasteiger partial charge is 0.508 e. The normalized spacial score (nSPS) is 13.7. The molecule has 2 aromatic carbocycles. The summed E-state index contributed by atoms with van der Waals surface area (Å²) in [5.41, 5.74) is 7.43. The van der Waals surface area contributed by atoms with Crippen LogP contribution in [-0.2, 0) is 20.7 Å². The van der Waals surface area contributed by atoms with Crippen molar-refractivity contribution in [3.63, 3.8) is 0 Å². The quantitative estimate of drug-likeness (QED) is 0.642. The predicted molar refractivity (Wildman–Crippen MR) is 110 cm³/mol. The third-order valence-electron chi connectivity index (χ3n) is 4.40. The van der Waals surface area contributed by atoms with Crippen LogP contribution in [0.25, 0.3) is 0 Å². The molecule has 2 aromatic rings. The molecule has 0 saturated heterocycles. The number of nitrogens with two attached hydrogens (primary N) is 1. The zero-order valence-electron chi connectivity index (χ0n) is 16.9. The van der Waals surface area contributed by atoms with Gasteiger partial charge in [-0.25, -0.2) is 0 Å². The maximum absolute atomic E-state index is 11.9. The Balaban J connectivity index is 2.09. The second-order valence-electron chi connectivity index (χ2n) is 7.83. The van der Waals surface area contributed by atoms with E-state index in [0.717, 1.165) is 11.1 Å². The van der Waals surface area contributed by atoms with Crippen LogP contribution in [0.4, 0.5) is 0 Å². The van der Waals surface area contributed by atoms with Crippen LogP contribution in [0, 0.1) is 0 Å². The van der Waals surface area contributed by atoms with Crippen LogP contribution in [0.1, 0.15) is 44.2 Å². The number of carbonyl (C=O) groups is 1. The van der Waals surface area contributed by atoms with Gasteiger partial charge in [0.2, 0.25) is 0 Å². The van der Waals surface area contributed by atoms with E-state index in [-0.39, 0.29) is 36.8 Å². The lowest BCUT2D eigenvalue weighted by atomic mass is 9.87. The van der Waals surface area contributed by atoms with Gasteiger partial charge in [0.05, 0.1) is 19.1 Å². The molecule has 0 aliphatic rings. The molecule has 28 heavy (non-hydrogen) atoms. The fourth-order valence-electron chi connectivity index (χ4n) is 3.12. The molecule has 0 amide bonds. The van der Waals surface area contributed by atoms with Crippen LogP contribution in [0.3, 0.4) is 0 Å². The molecule has 0 aromatic heterocycles. The maximum atomic E-state index is 11.9. The number of phenols is 1.